The van der Waals surface area contributed by atoms with Crippen molar-refractivity contribution in [1.82, 2.24) is 24.9 Å². The van der Waals surface area contributed by atoms with E-state index in [4.69, 9.17) is 19.9 Å². The number of nitrogens with zero attached hydrogens (tertiary/aromatic N) is 6. The highest BCUT2D eigenvalue weighted by Gasteiger charge is 2.31. The van der Waals surface area contributed by atoms with Crippen LogP contribution in [-0.4, -0.2) is 57.8 Å². The molecule has 0 spiro atoms. The normalized spacial score (nSPS) is 15.0. The number of hydrazone groups is 1. The molecule has 1 amide bonds. The molecule has 1 atom stereocenters. The summed E-state index contributed by atoms with van der Waals surface area (Å²) in [5, 5.41) is 6.16. The molecule has 10 nitrogen and oxygen atoms in total. The molecular formula is C25H23N7O3. The number of aromatic nitrogens is 3. The van der Waals surface area contributed by atoms with E-state index < -0.39 is 6.23 Å². The zero-order chi connectivity index (χ0) is 24.5. The molecule has 0 bridgehead atoms. The quantitative estimate of drug-likeness (QED) is 0.472. The van der Waals surface area contributed by atoms with E-state index >= 15 is 0 Å². The Morgan fingerprint density at radius 2 is 1.89 bits per heavy atom. The molecule has 5 rings (SSSR count). The van der Waals surface area contributed by atoms with Gasteiger partial charge < -0.3 is 19.8 Å². The van der Waals surface area contributed by atoms with Crippen molar-refractivity contribution in [1.29, 1.82) is 0 Å². The maximum absolute atomic E-state index is 12.6. The minimum Gasteiger partial charge on any atom is -0.444 e. The first-order chi connectivity index (χ1) is 16.9. The van der Waals surface area contributed by atoms with Crippen LogP contribution in [0.1, 0.15) is 27.8 Å². The monoisotopic (exact) mass is 469 g/mol. The topological polar surface area (TPSA) is 123 Å². The Morgan fingerprint density at radius 1 is 1.09 bits per heavy atom. The van der Waals surface area contributed by atoms with Crippen molar-refractivity contribution in [3.05, 3.63) is 84.1 Å². The maximum atomic E-state index is 12.6. The Bertz CT molecular complexity index is 1400. The molecule has 0 saturated carbocycles. The van der Waals surface area contributed by atoms with E-state index in [1.54, 1.807) is 50.7 Å². The number of carbonyl (C=O) groups excluding carboxylic acids is 1. The number of hydrogen-bond acceptors (Lipinski definition) is 9. The Balaban J connectivity index is 1.55. The first-order valence-corrected chi connectivity index (χ1v) is 10.8. The number of oxazole rings is 1. The van der Waals surface area contributed by atoms with Gasteiger partial charge in [-0.2, -0.15) is 0 Å². The second-order valence-electron chi connectivity index (χ2n) is 8.17. The minimum absolute atomic E-state index is 0.132. The van der Waals surface area contributed by atoms with Gasteiger partial charge >= 0.3 is 0 Å². The third-order valence-electron chi connectivity index (χ3n) is 5.54. The lowest BCUT2D eigenvalue weighted by Gasteiger charge is -2.19. The summed E-state index contributed by atoms with van der Waals surface area (Å²) in [5.41, 5.74) is 9.89. The Kier molecular flexibility index (Phi) is 5.61. The average molecular weight is 470 g/mol. The summed E-state index contributed by atoms with van der Waals surface area (Å²) < 4.78 is 11.7. The molecule has 3 heterocycles. The molecule has 176 valence electrons. The van der Waals surface area contributed by atoms with Crippen molar-refractivity contribution in [2.24, 2.45) is 5.10 Å². The van der Waals surface area contributed by atoms with Gasteiger partial charge in [0.05, 0.1) is 18.1 Å². The molecule has 0 fully saturated rings. The van der Waals surface area contributed by atoms with E-state index in [9.17, 15) is 4.79 Å². The summed E-state index contributed by atoms with van der Waals surface area (Å²) in [6.45, 7) is 0. The molecule has 1 unspecified atom stereocenters. The highest BCUT2D eigenvalue weighted by atomic mass is 16.5. The fourth-order valence-electron chi connectivity index (χ4n) is 3.78. The van der Waals surface area contributed by atoms with Gasteiger partial charge in [-0.05, 0) is 24.3 Å². The number of amides is 1. The molecule has 2 aromatic carbocycles. The smallest absolute Gasteiger partial charge is 0.253 e. The summed E-state index contributed by atoms with van der Waals surface area (Å²) in [4.78, 5) is 27.3. The van der Waals surface area contributed by atoms with Gasteiger partial charge in [-0.3, -0.25) is 9.80 Å². The predicted octanol–water partition coefficient (Wildman–Crippen LogP) is 3.41. The number of nitrogen functional groups attached to an aromatic ring is 1. The van der Waals surface area contributed by atoms with Gasteiger partial charge in [-0.25, -0.2) is 15.0 Å². The van der Waals surface area contributed by atoms with Gasteiger partial charge in [-0.15, -0.1) is 5.10 Å². The van der Waals surface area contributed by atoms with E-state index in [1.807, 2.05) is 36.4 Å². The van der Waals surface area contributed by atoms with Crippen LogP contribution in [0.3, 0.4) is 0 Å². The van der Waals surface area contributed by atoms with Crippen LogP contribution in [0.25, 0.3) is 22.6 Å². The number of nitrogens with two attached hydrogens (primary N) is 1. The second kappa shape index (κ2) is 8.90. The zero-order valence-corrected chi connectivity index (χ0v) is 19.4. The minimum atomic E-state index is -0.652. The molecule has 0 radical (unpaired) electrons. The maximum Gasteiger partial charge on any atom is 0.253 e. The van der Waals surface area contributed by atoms with Gasteiger partial charge in [0.25, 0.3) is 5.91 Å². The summed E-state index contributed by atoms with van der Waals surface area (Å²) >= 11 is 0. The highest BCUT2D eigenvalue weighted by molar-refractivity contribution is 5.97. The van der Waals surface area contributed by atoms with Gasteiger partial charge in [-0.1, -0.05) is 24.3 Å². The van der Waals surface area contributed by atoms with Gasteiger partial charge in [0.1, 0.15) is 5.69 Å². The predicted molar refractivity (Wildman–Crippen MR) is 130 cm³/mol. The molecule has 0 saturated heterocycles. The van der Waals surface area contributed by atoms with Gasteiger partial charge in [0.2, 0.25) is 12.1 Å². The van der Waals surface area contributed by atoms with E-state index in [0.717, 1.165) is 5.56 Å². The van der Waals surface area contributed by atoms with Crippen molar-refractivity contribution >= 4 is 17.6 Å². The van der Waals surface area contributed by atoms with Gasteiger partial charge in [0, 0.05) is 43.4 Å². The SMILES string of the molecule is CN(C)C(=O)c1ccc(-c2cnc(N)c(C3OC(c4ccccc4)=NN3C)n2)c(-c2cnco2)c1. The molecule has 2 aromatic heterocycles. The van der Waals surface area contributed by atoms with Crippen molar-refractivity contribution in [2.45, 2.75) is 6.23 Å². The van der Waals surface area contributed by atoms with E-state index in [0.29, 0.717) is 39.7 Å². The van der Waals surface area contributed by atoms with Crippen LogP contribution in [-0.2, 0) is 4.74 Å². The number of hydrogen-bond donors (Lipinski definition) is 1. The summed E-state index contributed by atoms with van der Waals surface area (Å²) in [7, 11) is 5.19. The number of carbonyl (C=O) groups is 1. The summed E-state index contributed by atoms with van der Waals surface area (Å²) in [5.74, 6) is 1.07. The average Bonchev–Trinajstić information content (AvgIpc) is 3.54. The Labute approximate surface area is 201 Å². The molecular weight excluding hydrogens is 446 g/mol. The molecule has 35 heavy (non-hydrogen) atoms. The van der Waals surface area contributed by atoms with Crippen LogP contribution in [0.15, 0.2) is 76.8 Å². The number of anilines is 1. The first kappa shape index (κ1) is 22.1. The third kappa shape index (κ3) is 4.17. The van der Waals surface area contributed by atoms with Crippen molar-refractivity contribution in [3.8, 4) is 22.6 Å². The van der Waals surface area contributed by atoms with E-state index in [-0.39, 0.29) is 11.7 Å². The molecule has 1 aliphatic rings. The van der Waals surface area contributed by atoms with Gasteiger partial charge in [0.15, 0.2) is 18.0 Å². The van der Waals surface area contributed by atoms with Crippen LogP contribution in [0.2, 0.25) is 0 Å². The van der Waals surface area contributed by atoms with Crippen LogP contribution in [0.5, 0.6) is 0 Å². The molecule has 1 aliphatic heterocycles. The number of rotatable bonds is 5. The van der Waals surface area contributed by atoms with Crippen LogP contribution in [0.4, 0.5) is 5.82 Å². The Morgan fingerprint density at radius 3 is 2.60 bits per heavy atom. The lowest BCUT2D eigenvalue weighted by Crippen LogP contribution is -2.21. The molecule has 10 heteroatoms. The lowest BCUT2D eigenvalue weighted by molar-refractivity contribution is 0.0744. The molecule has 4 aromatic rings. The first-order valence-electron chi connectivity index (χ1n) is 10.8. The third-order valence-corrected chi connectivity index (χ3v) is 5.54. The summed E-state index contributed by atoms with van der Waals surface area (Å²) in [6.07, 6.45) is 3.85. The van der Waals surface area contributed by atoms with E-state index in [2.05, 4.69) is 15.1 Å². The van der Waals surface area contributed by atoms with Crippen molar-refractivity contribution in [3.63, 3.8) is 0 Å². The van der Waals surface area contributed by atoms with E-state index in [1.165, 1.54) is 11.3 Å². The number of ether oxygens (including phenoxy) is 1. The fraction of sp³-hybridized carbons (Fsp3) is 0.160. The van der Waals surface area contributed by atoms with Crippen molar-refractivity contribution < 1.29 is 13.9 Å². The van der Waals surface area contributed by atoms with Crippen LogP contribution >= 0.6 is 0 Å². The fourth-order valence-corrected chi connectivity index (χ4v) is 3.78. The Hall–Kier alpha value is -4.73. The molecule has 0 aliphatic carbocycles. The summed E-state index contributed by atoms with van der Waals surface area (Å²) in [6, 6.07) is 14.9. The van der Waals surface area contributed by atoms with Crippen LogP contribution in [0, 0.1) is 0 Å². The highest BCUT2D eigenvalue weighted by Crippen LogP contribution is 2.35. The van der Waals surface area contributed by atoms with Crippen LogP contribution < -0.4 is 5.73 Å². The van der Waals surface area contributed by atoms with Crippen molar-refractivity contribution in [2.75, 3.05) is 26.9 Å². The number of benzene rings is 2. The molecule has 2 N–H and O–H groups in total. The standard InChI is InChI=1S/C25H23N7O3/c1-31(2)24(33)16-9-10-17(18(11-16)20-13-27-14-34-20)19-12-28-22(26)21(29-19)25-32(3)30-23(35-25)15-7-5-4-6-8-15/h4-14,25H,1-3H3,(H2,26,28). The second-order valence-corrected chi connectivity index (χ2v) is 8.17. The lowest BCUT2D eigenvalue weighted by atomic mass is 9.99. The zero-order valence-electron chi connectivity index (χ0n) is 19.4. The largest absolute Gasteiger partial charge is 0.444 e.